The lowest BCUT2D eigenvalue weighted by Crippen LogP contribution is -2.37. The Labute approximate surface area is 165 Å². The molecule has 0 saturated carbocycles. The van der Waals surface area contributed by atoms with E-state index in [4.69, 9.17) is 29.9 Å². The second-order valence-electron chi connectivity index (χ2n) is 5.16. The monoisotopic (exact) mass is 412 g/mol. The van der Waals surface area contributed by atoms with Crippen molar-refractivity contribution in [3.8, 4) is 0 Å². The largest absolute Gasteiger partial charge is 0.480 e. The minimum atomic E-state index is -1.31. The predicted octanol–water partition coefficient (Wildman–Crippen LogP) is -0.989. The van der Waals surface area contributed by atoms with Crippen LogP contribution in [0.15, 0.2) is 35.4 Å². The first-order chi connectivity index (χ1) is 13.6. The van der Waals surface area contributed by atoms with Gasteiger partial charge in [0.05, 0.1) is 19.7 Å². The van der Waals surface area contributed by atoms with Gasteiger partial charge < -0.3 is 34.8 Å². The molecule has 0 amide bonds. The van der Waals surface area contributed by atoms with Crippen molar-refractivity contribution in [1.29, 1.82) is 0 Å². The number of rotatable bonds is 15. The molecule has 0 bridgehead atoms. The smallest absolute Gasteiger partial charge is 0.323 e. The Hall–Kier alpha value is -3.74. The van der Waals surface area contributed by atoms with Gasteiger partial charge in [-0.05, 0) is 18.0 Å². The SMILES string of the molecule is C=C=C=C=C=C(OCCOCN(CC(=O)O)CC(=O)O)N(CC(=O)O)CC(=O)O. The van der Waals surface area contributed by atoms with E-state index < -0.39 is 50.1 Å². The number of nitrogens with zero attached hydrogens (tertiary/aromatic N) is 2. The molecular weight excluding hydrogens is 392 g/mol. The van der Waals surface area contributed by atoms with Crippen LogP contribution in [0.5, 0.6) is 0 Å². The van der Waals surface area contributed by atoms with E-state index >= 15 is 0 Å². The fourth-order valence-corrected chi connectivity index (χ4v) is 1.78. The number of hydrogen-bond acceptors (Lipinski definition) is 8. The molecule has 158 valence electrons. The Bertz CT molecular complexity index is 735. The maximum atomic E-state index is 10.9. The molecule has 0 aromatic carbocycles. The van der Waals surface area contributed by atoms with Gasteiger partial charge in [0.2, 0.25) is 5.88 Å². The number of carboxylic acid groups (broad SMARTS) is 4. The molecule has 0 spiro atoms. The lowest BCUT2D eigenvalue weighted by Gasteiger charge is -2.22. The summed E-state index contributed by atoms with van der Waals surface area (Å²) in [7, 11) is 0. The van der Waals surface area contributed by atoms with Crippen LogP contribution < -0.4 is 0 Å². The third kappa shape index (κ3) is 14.0. The van der Waals surface area contributed by atoms with E-state index in [1.165, 1.54) is 0 Å². The number of ether oxygens (including phenoxy) is 2. The maximum Gasteiger partial charge on any atom is 0.323 e. The van der Waals surface area contributed by atoms with E-state index in [0.717, 1.165) is 9.80 Å². The molecule has 0 aromatic rings. The van der Waals surface area contributed by atoms with Gasteiger partial charge in [-0.2, -0.15) is 0 Å². The molecule has 12 nitrogen and oxygen atoms in total. The Morgan fingerprint density at radius 1 is 0.793 bits per heavy atom. The molecule has 0 aliphatic rings. The minimum absolute atomic E-state index is 0.143. The highest BCUT2D eigenvalue weighted by Crippen LogP contribution is 2.05. The fraction of sp³-hybridized carbons (Fsp3) is 0.412. The van der Waals surface area contributed by atoms with Crippen molar-refractivity contribution in [3.05, 3.63) is 35.4 Å². The highest BCUT2D eigenvalue weighted by molar-refractivity contribution is 5.73. The molecule has 0 heterocycles. The average Bonchev–Trinajstić information content (AvgIpc) is 2.57. The molecule has 0 fully saturated rings. The van der Waals surface area contributed by atoms with Gasteiger partial charge in [-0.15, -0.1) is 0 Å². The van der Waals surface area contributed by atoms with Gasteiger partial charge in [-0.3, -0.25) is 24.1 Å². The zero-order valence-corrected chi connectivity index (χ0v) is 15.3. The van der Waals surface area contributed by atoms with E-state index in [2.05, 4.69) is 29.5 Å². The molecule has 29 heavy (non-hydrogen) atoms. The van der Waals surface area contributed by atoms with Crippen molar-refractivity contribution in [1.82, 2.24) is 9.80 Å². The average molecular weight is 412 g/mol. The van der Waals surface area contributed by atoms with Crippen LogP contribution in [0.2, 0.25) is 0 Å². The van der Waals surface area contributed by atoms with Crippen LogP contribution in [-0.2, 0) is 28.7 Å². The Morgan fingerprint density at radius 3 is 1.76 bits per heavy atom. The summed E-state index contributed by atoms with van der Waals surface area (Å²) in [6, 6.07) is 0. The number of hydrogen-bond donors (Lipinski definition) is 4. The van der Waals surface area contributed by atoms with Crippen LogP contribution in [0.25, 0.3) is 0 Å². The summed E-state index contributed by atoms with van der Waals surface area (Å²) >= 11 is 0. The molecule has 0 unspecified atom stereocenters. The van der Waals surface area contributed by atoms with Crippen LogP contribution >= 0.6 is 0 Å². The first-order valence-electron chi connectivity index (χ1n) is 7.85. The van der Waals surface area contributed by atoms with Crippen LogP contribution in [0.4, 0.5) is 0 Å². The summed E-state index contributed by atoms with van der Waals surface area (Å²) in [6.45, 7) is 0.0923. The van der Waals surface area contributed by atoms with Crippen molar-refractivity contribution < 1.29 is 49.1 Å². The minimum Gasteiger partial charge on any atom is -0.480 e. The standard InChI is InChI=1S/C17H20N2O10/c1-2-3-4-5-13(19(10-16(24)25)11-17(26)27)29-7-6-28-12-18(8-14(20)21)9-15(22)23/h1,6-12H2,(H,20,21)(H,22,23)(H,24,25)(H,26,27). The normalized spacial score (nSPS) is 9.41. The first-order valence-corrected chi connectivity index (χ1v) is 7.85. The predicted molar refractivity (Wildman–Crippen MR) is 93.7 cm³/mol. The third-order valence-electron chi connectivity index (χ3n) is 2.72. The zero-order valence-electron chi connectivity index (χ0n) is 15.3. The van der Waals surface area contributed by atoms with Gasteiger partial charge in [0.15, 0.2) is 0 Å². The Kier molecular flexibility index (Phi) is 12.5. The first kappa shape index (κ1) is 25.3. The van der Waals surface area contributed by atoms with E-state index in [0.29, 0.717) is 0 Å². The van der Waals surface area contributed by atoms with Crippen molar-refractivity contribution in [3.63, 3.8) is 0 Å². The zero-order chi connectivity index (χ0) is 22.2. The van der Waals surface area contributed by atoms with Gasteiger partial charge in [0, 0.05) is 5.73 Å². The summed E-state index contributed by atoms with van der Waals surface area (Å²) in [5, 5.41) is 35.3. The maximum absolute atomic E-state index is 10.9. The van der Waals surface area contributed by atoms with Crippen LogP contribution in [0.1, 0.15) is 0 Å². The summed E-state index contributed by atoms with van der Waals surface area (Å²) in [5.41, 5.74) is 9.26. The molecule has 0 aliphatic carbocycles. The molecule has 0 rings (SSSR count). The van der Waals surface area contributed by atoms with Crippen LogP contribution in [-0.4, -0.2) is 100 Å². The van der Waals surface area contributed by atoms with Crippen LogP contribution in [0, 0.1) is 0 Å². The topological polar surface area (TPSA) is 174 Å². The molecule has 0 radical (unpaired) electrons. The molecular formula is C17H20N2O10. The number of carboxylic acids is 4. The van der Waals surface area contributed by atoms with Gasteiger partial charge in [0.1, 0.15) is 26.4 Å². The second-order valence-corrected chi connectivity index (χ2v) is 5.16. The molecule has 0 aliphatic heterocycles. The highest BCUT2D eigenvalue weighted by Gasteiger charge is 2.18. The van der Waals surface area contributed by atoms with E-state index in [-0.39, 0.29) is 25.8 Å². The van der Waals surface area contributed by atoms with Gasteiger partial charge in [-0.25, -0.2) is 0 Å². The van der Waals surface area contributed by atoms with Gasteiger partial charge >= 0.3 is 23.9 Å². The third-order valence-corrected chi connectivity index (χ3v) is 2.72. The van der Waals surface area contributed by atoms with Crippen LogP contribution in [0.3, 0.4) is 0 Å². The summed E-state index contributed by atoms with van der Waals surface area (Å²) in [4.78, 5) is 45.1. The van der Waals surface area contributed by atoms with Crippen molar-refractivity contribution >= 4 is 23.9 Å². The fourth-order valence-electron chi connectivity index (χ4n) is 1.78. The quantitative estimate of drug-likeness (QED) is 0.112. The molecule has 12 heteroatoms. The molecule has 4 N–H and O–H groups in total. The van der Waals surface area contributed by atoms with Crippen molar-refractivity contribution in [2.75, 3.05) is 46.1 Å². The van der Waals surface area contributed by atoms with Crippen molar-refractivity contribution in [2.45, 2.75) is 0 Å². The Balaban J connectivity index is 5.00. The highest BCUT2D eigenvalue weighted by atomic mass is 16.5. The van der Waals surface area contributed by atoms with Gasteiger partial charge in [0.25, 0.3) is 0 Å². The van der Waals surface area contributed by atoms with E-state index in [1.807, 2.05) is 0 Å². The molecule has 0 aromatic heterocycles. The van der Waals surface area contributed by atoms with Gasteiger partial charge in [-0.1, -0.05) is 5.73 Å². The van der Waals surface area contributed by atoms with E-state index in [1.54, 1.807) is 0 Å². The second kappa shape index (κ2) is 14.3. The summed E-state index contributed by atoms with van der Waals surface area (Å²) < 4.78 is 10.4. The lowest BCUT2D eigenvalue weighted by molar-refractivity contribution is -0.146. The lowest BCUT2D eigenvalue weighted by atomic mass is 10.4. The summed E-state index contributed by atoms with van der Waals surface area (Å²) in [6.07, 6.45) is 0. The summed E-state index contributed by atoms with van der Waals surface area (Å²) in [5.74, 6) is -5.37. The molecule has 0 saturated heterocycles. The number of carbonyl (C=O) groups is 4. The number of aliphatic carboxylic acids is 4. The van der Waals surface area contributed by atoms with Crippen molar-refractivity contribution in [2.24, 2.45) is 0 Å². The van der Waals surface area contributed by atoms with E-state index in [9.17, 15) is 19.2 Å². The molecule has 0 atom stereocenters. The Morgan fingerprint density at radius 2 is 1.31 bits per heavy atom.